The van der Waals surface area contributed by atoms with Crippen LogP contribution >= 0.6 is 0 Å². The van der Waals surface area contributed by atoms with Crippen LogP contribution in [0.4, 0.5) is 4.39 Å². The molecule has 2 aliphatic heterocycles. The van der Waals surface area contributed by atoms with Crippen LogP contribution in [-0.2, 0) is 14.3 Å². The number of halogens is 1. The number of benzene rings is 1. The zero-order valence-electron chi connectivity index (χ0n) is 14.9. The van der Waals surface area contributed by atoms with Crippen molar-refractivity contribution >= 4 is 11.8 Å². The van der Waals surface area contributed by atoms with Crippen molar-refractivity contribution in [1.29, 1.82) is 0 Å². The van der Waals surface area contributed by atoms with E-state index in [0.717, 1.165) is 5.56 Å². The number of hydrogen-bond acceptors (Lipinski definition) is 3. The summed E-state index contributed by atoms with van der Waals surface area (Å²) in [6.07, 6.45) is 3.34. The van der Waals surface area contributed by atoms with Gasteiger partial charge >= 0.3 is 0 Å². The first kappa shape index (κ1) is 18.6. The van der Waals surface area contributed by atoms with Crippen LogP contribution in [0.3, 0.4) is 0 Å². The van der Waals surface area contributed by atoms with Gasteiger partial charge in [-0.15, -0.1) is 0 Å². The molecule has 0 spiro atoms. The predicted molar refractivity (Wildman–Crippen MR) is 95.8 cm³/mol. The predicted octanol–water partition coefficient (Wildman–Crippen LogP) is 2.54. The molecule has 2 fully saturated rings. The topological polar surface area (TPSA) is 49.9 Å². The molecule has 6 heteroatoms. The van der Waals surface area contributed by atoms with Crippen LogP contribution in [-0.4, -0.2) is 54.5 Å². The Bertz CT molecular complexity index is 654. The molecule has 0 saturated carbocycles. The number of rotatable bonds is 3. The molecule has 2 saturated heterocycles. The molecule has 1 aromatic carbocycles. The number of nitrogens with zero attached hydrogens (tertiary/aromatic N) is 2. The fourth-order valence-electron chi connectivity index (χ4n) is 3.78. The van der Waals surface area contributed by atoms with Crippen LogP contribution in [0.25, 0.3) is 0 Å². The van der Waals surface area contributed by atoms with Gasteiger partial charge in [-0.2, -0.15) is 0 Å². The second-order valence-corrected chi connectivity index (χ2v) is 6.80. The van der Waals surface area contributed by atoms with Gasteiger partial charge in [-0.1, -0.05) is 18.7 Å². The fourth-order valence-corrected chi connectivity index (χ4v) is 3.78. The highest BCUT2D eigenvalue weighted by Crippen LogP contribution is 2.30. The van der Waals surface area contributed by atoms with E-state index in [4.69, 9.17) is 4.74 Å². The maximum absolute atomic E-state index is 13.3. The largest absolute Gasteiger partial charge is 0.380 e. The fraction of sp³-hybridized carbons (Fsp3) is 0.500. The molecule has 2 heterocycles. The van der Waals surface area contributed by atoms with Crippen molar-refractivity contribution < 1.29 is 18.7 Å². The highest BCUT2D eigenvalue weighted by atomic mass is 19.1. The summed E-state index contributed by atoms with van der Waals surface area (Å²) >= 11 is 0. The molecule has 140 valence electrons. The van der Waals surface area contributed by atoms with E-state index in [1.807, 2.05) is 4.90 Å². The lowest BCUT2D eigenvalue weighted by Gasteiger charge is -2.36. The van der Waals surface area contributed by atoms with Gasteiger partial charge in [-0.25, -0.2) is 4.39 Å². The normalized spacial score (nSPS) is 22.0. The highest BCUT2D eigenvalue weighted by Gasteiger charge is 2.34. The minimum absolute atomic E-state index is 0.0803. The van der Waals surface area contributed by atoms with E-state index < -0.39 is 0 Å². The first-order valence-electron chi connectivity index (χ1n) is 9.15. The van der Waals surface area contributed by atoms with Crippen LogP contribution in [0, 0.1) is 11.7 Å². The molecule has 1 unspecified atom stereocenters. The summed E-state index contributed by atoms with van der Waals surface area (Å²) in [6, 6.07) is 6.26. The molecule has 5 nitrogen and oxygen atoms in total. The Morgan fingerprint density at radius 3 is 2.42 bits per heavy atom. The Hall–Kier alpha value is -2.21. The van der Waals surface area contributed by atoms with Crippen LogP contribution in [0.2, 0.25) is 0 Å². The maximum atomic E-state index is 13.3. The van der Waals surface area contributed by atoms with Crippen molar-refractivity contribution in [1.82, 2.24) is 9.80 Å². The van der Waals surface area contributed by atoms with Crippen LogP contribution in [0.5, 0.6) is 0 Å². The zero-order valence-corrected chi connectivity index (χ0v) is 14.9. The van der Waals surface area contributed by atoms with E-state index in [9.17, 15) is 14.0 Å². The number of piperidine rings is 1. The molecule has 1 atom stereocenters. The maximum Gasteiger partial charge on any atom is 0.245 e. The Morgan fingerprint density at radius 2 is 1.77 bits per heavy atom. The average Bonchev–Trinajstić information content (AvgIpc) is 2.93. The molecule has 0 N–H and O–H groups in total. The van der Waals surface area contributed by atoms with Gasteiger partial charge in [0, 0.05) is 32.2 Å². The molecule has 0 radical (unpaired) electrons. The van der Waals surface area contributed by atoms with Gasteiger partial charge in [0.15, 0.2) is 0 Å². The lowest BCUT2D eigenvalue weighted by molar-refractivity contribution is -0.141. The van der Waals surface area contributed by atoms with Crippen LogP contribution < -0.4 is 0 Å². The summed E-state index contributed by atoms with van der Waals surface area (Å²) in [7, 11) is 0. The van der Waals surface area contributed by atoms with Crippen LogP contribution in [0.15, 0.2) is 36.9 Å². The van der Waals surface area contributed by atoms with E-state index in [1.54, 1.807) is 17.0 Å². The number of carbonyl (C=O) groups is 2. The van der Waals surface area contributed by atoms with E-state index in [1.165, 1.54) is 18.2 Å². The smallest absolute Gasteiger partial charge is 0.245 e. The molecule has 0 aliphatic carbocycles. The van der Waals surface area contributed by atoms with Crippen molar-refractivity contribution in [3.05, 3.63) is 48.3 Å². The second kappa shape index (κ2) is 8.45. The first-order chi connectivity index (χ1) is 12.6. The first-order valence-corrected chi connectivity index (χ1v) is 9.15. The summed E-state index contributed by atoms with van der Waals surface area (Å²) in [5, 5.41) is 0. The SMILES string of the molecule is C=CC(=O)N1CCC(C(=O)N2CCOCCC2c2ccc(F)cc2)CC1. The van der Waals surface area contributed by atoms with Crippen molar-refractivity contribution in [2.45, 2.75) is 25.3 Å². The van der Waals surface area contributed by atoms with Gasteiger partial charge in [0.2, 0.25) is 11.8 Å². The van der Waals surface area contributed by atoms with E-state index in [-0.39, 0.29) is 29.6 Å². The van der Waals surface area contributed by atoms with E-state index in [0.29, 0.717) is 52.1 Å². The summed E-state index contributed by atoms with van der Waals surface area (Å²) in [4.78, 5) is 28.5. The van der Waals surface area contributed by atoms with Gasteiger partial charge < -0.3 is 14.5 Å². The molecule has 0 bridgehead atoms. The minimum atomic E-state index is -0.282. The molecular formula is C20H25FN2O3. The number of ether oxygens (including phenoxy) is 1. The summed E-state index contributed by atoms with van der Waals surface area (Å²) in [6.45, 7) is 6.30. The third-order valence-corrected chi connectivity index (χ3v) is 5.26. The number of likely N-dealkylation sites (tertiary alicyclic amines) is 1. The molecule has 1 aromatic rings. The van der Waals surface area contributed by atoms with Crippen LogP contribution in [0.1, 0.15) is 30.9 Å². The van der Waals surface area contributed by atoms with E-state index >= 15 is 0 Å². The van der Waals surface area contributed by atoms with E-state index in [2.05, 4.69) is 6.58 Å². The third-order valence-electron chi connectivity index (χ3n) is 5.26. The minimum Gasteiger partial charge on any atom is -0.380 e. The standard InChI is InChI=1S/C20H25FN2O3/c1-2-19(24)22-10-7-16(8-11-22)20(25)23-12-14-26-13-9-18(23)15-3-5-17(21)6-4-15/h2-6,16,18H,1,7-14H2. The summed E-state index contributed by atoms with van der Waals surface area (Å²) in [5.41, 5.74) is 0.935. The Balaban J connectivity index is 1.72. The van der Waals surface area contributed by atoms with Gasteiger partial charge in [-0.3, -0.25) is 9.59 Å². The Labute approximate surface area is 153 Å². The molecule has 3 rings (SSSR count). The molecule has 0 aromatic heterocycles. The van der Waals surface area contributed by atoms with Crippen molar-refractivity contribution in [3.63, 3.8) is 0 Å². The quantitative estimate of drug-likeness (QED) is 0.779. The average molecular weight is 360 g/mol. The third kappa shape index (κ3) is 4.12. The van der Waals surface area contributed by atoms with Gasteiger partial charge in [0.25, 0.3) is 0 Å². The van der Waals surface area contributed by atoms with Gasteiger partial charge in [0.1, 0.15) is 5.82 Å². The number of hydrogen-bond donors (Lipinski definition) is 0. The molecule has 26 heavy (non-hydrogen) atoms. The van der Waals surface area contributed by atoms with Crippen molar-refractivity contribution in [2.24, 2.45) is 5.92 Å². The van der Waals surface area contributed by atoms with Gasteiger partial charge in [-0.05, 0) is 43.0 Å². The number of carbonyl (C=O) groups excluding carboxylic acids is 2. The monoisotopic (exact) mass is 360 g/mol. The summed E-state index contributed by atoms with van der Waals surface area (Å²) < 4.78 is 18.8. The molecular weight excluding hydrogens is 335 g/mol. The Kier molecular flexibility index (Phi) is 6.04. The lowest BCUT2D eigenvalue weighted by atomic mass is 9.93. The number of amides is 2. The molecule has 2 aliphatic rings. The lowest BCUT2D eigenvalue weighted by Crippen LogP contribution is -2.45. The highest BCUT2D eigenvalue weighted by molar-refractivity contribution is 5.87. The van der Waals surface area contributed by atoms with Gasteiger partial charge in [0.05, 0.1) is 12.6 Å². The molecule has 2 amide bonds. The zero-order chi connectivity index (χ0) is 18.5. The Morgan fingerprint density at radius 1 is 1.08 bits per heavy atom. The second-order valence-electron chi connectivity index (χ2n) is 6.80. The van der Waals surface area contributed by atoms with Crippen molar-refractivity contribution in [3.8, 4) is 0 Å². The van der Waals surface area contributed by atoms with Crippen molar-refractivity contribution in [2.75, 3.05) is 32.8 Å². The summed E-state index contributed by atoms with van der Waals surface area (Å²) in [5.74, 6) is -0.348.